The van der Waals surface area contributed by atoms with Gasteiger partial charge in [-0.25, -0.2) is 4.98 Å². The highest BCUT2D eigenvalue weighted by molar-refractivity contribution is 5.77. The van der Waals surface area contributed by atoms with Crippen molar-refractivity contribution in [2.24, 2.45) is 0 Å². The van der Waals surface area contributed by atoms with E-state index in [1.165, 1.54) is 11.1 Å². The van der Waals surface area contributed by atoms with Gasteiger partial charge in [0.15, 0.2) is 0 Å². The van der Waals surface area contributed by atoms with E-state index in [0.717, 1.165) is 48.4 Å². The van der Waals surface area contributed by atoms with Gasteiger partial charge in [-0.2, -0.15) is 0 Å². The van der Waals surface area contributed by atoms with Crippen molar-refractivity contribution in [3.63, 3.8) is 0 Å². The van der Waals surface area contributed by atoms with Gasteiger partial charge >= 0.3 is 0 Å². The Balaban J connectivity index is 1.28. The van der Waals surface area contributed by atoms with Gasteiger partial charge in [-0.15, -0.1) is 0 Å². The van der Waals surface area contributed by atoms with E-state index in [4.69, 9.17) is 9.72 Å². The number of fused-ring (bicyclic) bond motifs is 1. The third kappa shape index (κ3) is 6.97. The minimum Gasteiger partial charge on any atom is -0.494 e. The molecule has 1 N–H and O–H groups in total. The number of hydrogen-bond donors (Lipinski definition) is 1. The second-order valence-corrected chi connectivity index (χ2v) is 10.3. The molecule has 1 heterocycles. The van der Waals surface area contributed by atoms with Crippen LogP contribution in [0.15, 0.2) is 78.9 Å². The Bertz CT molecular complexity index is 1250. The fraction of sp³-hybridized carbons (Fsp3) is 0.355. The van der Waals surface area contributed by atoms with Crippen molar-refractivity contribution < 1.29 is 9.53 Å². The molecule has 1 amide bonds. The SMILES string of the molecule is CC(C)(C)c1ccc(OCCCCn2c(CNC(=O)CCc3ccccc3)nc3ccccc32)cc1. The molecule has 4 rings (SSSR count). The summed E-state index contributed by atoms with van der Waals surface area (Å²) in [5, 5.41) is 3.06. The maximum atomic E-state index is 12.5. The zero-order valence-corrected chi connectivity index (χ0v) is 21.7. The third-order valence-electron chi connectivity index (χ3n) is 6.43. The fourth-order valence-corrected chi connectivity index (χ4v) is 4.29. The summed E-state index contributed by atoms with van der Waals surface area (Å²) in [6, 6.07) is 26.7. The number of carbonyl (C=O) groups excluding carboxylic acids is 1. The normalized spacial score (nSPS) is 11.5. The minimum absolute atomic E-state index is 0.0448. The molecule has 1 aromatic heterocycles. The van der Waals surface area contributed by atoms with Crippen molar-refractivity contribution in [2.45, 2.75) is 65.0 Å². The van der Waals surface area contributed by atoms with E-state index in [1.807, 2.05) is 36.4 Å². The lowest BCUT2D eigenvalue weighted by atomic mass is 9.87. The van der Waals surface area contributed by atoms with Crippen LogP contribution in [0.4, 0.5) is 0 Å². The standard InChI is InChI=1S/C31H37N3O2/c1-31(2,3)25-16-18-26(19-17-25)36-22-10-9-21-34-28-14-8-7-13-27(28)33-29(34)23-32-30(35)20-15-24-11-5-4-6-12-24/h4-8,11-14,16-19H,9-10,15,20-23H2,1-3H3,(H,32,35). The summed E-state index contributed by atoms with van der Waals surface area (Å²) in [6.45, 7) is 8.58. The molecule has 0 unspecified atom stereocenters. The van der Waals surface area contributed by atoms with Crippen LogP contribution in [0, 0.1) is 0 Å². The molecule has 5 nitrogen and oxygen atoms in total. The number of unbranched alkanes of at least 4 members (excludes halogenated alkanes) is 1. The summed E-state index contributed by atoms with van der Waals surface area (Å²) >= 11 is 0. The van der Waals surface area contributed by atoms with Crippen LogP contribution in [0.3, 0.4) is 0 Å². The summed E-state index contributed by atoms with van der Waals surface area (Å²) in [5.74, 6) is 1.85. The summed E-state index contributed by atoms with van der Waals surface area (Å²) in [5.41, 5.74) is 4.69. The summed E-state index contributed by atoms with van der Waals surface area (Å²) in [4.78, 5) is 17.3. The van der Waals surface area contributed by atoms with Crippen molar-refractivity contribution in [1.82, 2.24) is 14.9 Å². The van der Waals surface area contributed by atoms with Crippen LogP contribution in [0.25, 0.3) is 11.0 Å². The van der Waals surface area contributed by atoms with Gasteiger partial charge in [-0.05, 0) is 60.1 Å². The maximum Gasteiger partial charge on any atom is 0.220 e. The van der Waals surface area contributed by atoms with E-state index < -0.39 is 0 Å². The lowest BCUT2D eigenvalue weighted by molar-refractivity contribution is -0.121. The molecule has 4 aromatic rings. The largest absolute Gasteiger partial charge is 0.494 e. The first-order valence-electron chi connectivity index (χ1n) is 12.9. The molecule has 0 fully saturated rings. The van der Waals surface area contributed by atoms with Crippen molar-refractivity contribution in [1.29, 1.82) is 0 Å². The number of nitrogens with one attached hydrogen (secondary N) is 1. The van der Waals surface area contributed by atoms with Crippen molar-refractivity contribution >= 4 is 16.9 Å². The molecule has 0 radical (unpaired) electrons. The molecule has 0 bridgehead atoms. The zero-order chi connectivity index (χ0) is 25.4. The van der Waals surface area contributed by atoms with Crippen molar-refractivity contribution in [3.05, 3.63) is 95.8 Å². The second-order valence-electron chi connectivity index (χ2n) is 10.3. The van der Waals surface area contributed by atoms with E-state index in [2.05, 4.69) is 73.1 Å². The quantitative estimate of drug-likeness (QED) is 0.250. The van der Waals surface area contributed by atoms with Gasteiger partial charge in [-0.3, -0.25) is 4.79 Å². The maximum absolute atomic E-state index is 12.5. The van der Waals surface area contributed by atoms with E-state index in [9.17, 15) is 4.79 Å². The Hall–Kier alpha value is -3.60. The van der Waals surface area contributed by atoms with E-state index >= 15 is 0 Å². The Morgan fingerprint density at radius 1 is 0.917 bits per heavy atom. The van der Waals surface area contributed by atoms with Gasteiger partial charge in [0.05, 0.1) is 24.2 Å². The van der Waals surface area contributed by atoms with Crippen LogP contribution in [-0.4, -0.2) is 22.1 Å². The van der Waals surface area contributed by atoms with E-state index in [-0.39, 0.29) is 11.3 Å². The third-order valence-corrected chi connectivity index (χ3v) is 6.43. The number of aromatic nitrogens is 2. The number of para-hydroxylation sites is 2. The molecule has 0 aliphatic heterocycles. The lowest BCUT2D eigenvalue weighted by Gasteiger charge is -2.19. The van der Waals surface area contributed by atoms with Crippen molar-refractivity contribution in [2.75, 3.05) is 6.61 Å². The number of nitrogens with zero attached hydrogens (tertiary/aromatic N) is 2. The van der Waals surface area contributed by atoms with Gasteiger partial charge in [0.1, 0.15) is 11.6 Å². The van der Waals surface area contributed by atoms with Crippen LogP contribution in [0.2, 0.25) is 0 Å². The molecule has 36 heavy (non-hydrogen) atoms. The van der Waals surface area contributed by atoms with Crippen LogP contribution in [0.5, 0.6) is 5.75 Å². The monoisotopic (exact) mass is 483 g/mol. The first-order chi connectivity index (χ1) is 17.4. The highest BCUT2D eigenvalue weighted by atomic mass is 16.5. The molecular formula is C31H37N3O2. The second kappa shape index (κ2) is 11.9. The van der Waals surface area contributed by atoms with Crippen LogP contribution in [-0.2, 0) is 29.7 Å². The Kier molecular flexibility index (Phi) is 8.42. The molecule has 0 aliphatic carbocycles. The Morgan fingerprint density at radius 2 is 1.64 bits per heavy atom. The Labute approximate surface area is 214 Å². The molecule has 0 aliphatic rings. The number of amides is 1. The summed E-state index contributed by atoms with van der Waals surface area (Å²) in [6.07, 6.45) is 3.12. The van der Waals surface area contributed by atoms with E-state index in [0.29, 0.717) is 19.6 Å². The number of imidazole rings is 1. The van der Waals surface area contributed by atoms with Crippen LogP contribution >= 0.6 is 0 Å². The molecular weight excluding hydrogens is 446 g/mol. The first-order valence-corrected chi connectivity index (χ1v) is 12.9. The number of benzene rings is 3. The molecule has 0 spiro atoms. The van der Waals surface area contributed by atoms with Gasteiger partial charge in [0.2, 0.25) is 5.91 Å². The molecule has 0 atom stereocenters. The molecule has 5 heteroatoms. The van der Waals surface area contributed by atoms with Gasteiger partial charge < -0.3 is 14.6 Å². The number of ether oxygens (including phenoxy) is 1. The topological polar surface area (TPSA) is 56.1 Å². The van der Waals surface area contributed by atoms with Crippen molar-refractivity contribution in [3.8, 4) is 5.75 Å². The van der Waals surface area contributed by atoms with Gasteiger partial charge in [0, 0.05) is 13.0 Å². The molecule has 188 valence electrons. The van der Waals surface area contributed by atoms with Gasteiger partial charge in [-0.1, -0.05) is 75.4 Å². The highest BCUT2D eigenvalue weighted by Gasteiger charge is 2.13. The lowest BCUT2D eigenvalue weighted by Crippen LogP contribution is -2.25. The predicted octanol–water partition coefficient (Wildman–Crippen LogP) is 6.44. The van der Waals surface area contributed by atoms with Gasteiger partial charge in [0.25, 0.3) is 0 Å². The van der Waals surface area contributed by atoms with E-state index in [1.54, 1.807) is 0 Å². The average Bonchev–Trinajstić information content (AvgIpc) is 3.24. The highest BCUT2D eigenvalue weighted by Crippen LogP contribution is 2.24. The molecule has 0 saturated heterocycles. The zero-order valence-electron chi connectivity index (χ0n) is 21.7. The smallest absolute Gasteiger partial charge is 0.220 e. The predicted molar refractivity (Wildman–Crippen MR) is 146 cm³/mol. The van der Waals surface area contributed by atoms with Crippen LogP contribution < -0.4 is 10.1 Å². The Morgan fingerprint density at radius 3 is 2.39 bits per heavy atom. The number of carbonyl (C=O) groups is 1. The summed E-state index contributed by atoms with van der Waals surface area (Å²) in [7, 11) is 0. The average molecular weight is 484 g/mol. The summed E-state index contributed by atoms with van der Waals surface area (Å²) < 4.78 is 8.20. The number of hydrogen-bond acceptors (Lipinski definition) is 3. The minimum atomic E-state index is 0.0448. The molecule has 3 aromatic carbocycles. The number of rotatable bonds is 11. The fourth-order valence-electron chi connectivity index (χ4n) is 4.29. The first kappa shape index (κ1) is 25.5. The number of aryl methyl sites for hydroxylation is 2. The molecule has 0 saturated carbocycles. The van der Waals surface area contributed by atoms with Crippen LogP contribution in [0.1, 0.15) is 57.0 Å².